The van der Waals surface area contributed by atoms with E-state index in [2.05, 4.69) is 30.6 Å². The highest BCUT2D eigenvalue weighted by atomic mass is 16.1. The van der Waals surface area contributed by atoms with Gasteiger partial charge in [0.15, 0.2) is 0 Å². The Hall–Kier alpha value is -3.07. The molecule has 1 saturated heterocycles. The Bertz CT molecular complexity index is 860. The molecule has 1 aliphatic heterocycles. The second kappa shape index (κ2) is 7.04. The Morgan fingerprint density at radius 3 is 2.92 bits per heavy atom. The van der Waals surface area contributed by atoms with Crippen LogP contribution in [0.15, 0.2) is 49.3 Å². The maximum atomic E-state index is 12.6. The number of hydrogen-bond donors (Lipinski definition) is 1. The van der Waals surface area contributed by atoms with Crippen LogP contribution < -0.4 is 5.32 Å². The van der Waals surface area contributed by atoms with Gasteiger partial charge in [-0.1, -0.05) is 5.21 Å². The molecule has 3 aromatic heterocycles. The molecule has 0 saturated carbocycles. The van der Waals surface area contributed by atoms with E-state index in [-0.39, 0.29) is 18.0 Å². The highest BCUT2D eigenvalue weighted by Gasteiger charge is 2.35. The molecular formula is C17H20N8O. The molecule has 4 heterocycles. The number of carbonyl (C=O) groups is 1. The molecule has 26 heavy (non-hydrogen) atoms. The Labute approximate surface area is 150 Å². The Kier molecular flexibility index (Phi) is 4.44. The normalized spacial score (nSPS) is 20.3. The number of nitrogens with zero attached hydrogens (tertiary/aromatic N) is 7. The highest BCUT2D eigenvalue weighted by Crippen LogP contribution is 2.23. The lowest BCUT2D eigenvalue weighted by molar-refractivity contribution is 0.0929. The van der Waals surface area contributed by atoms with Gasteiger partial charge in [0.05, 0.1) is 30.0 Å². The molecule has 9 nitrogen and oxygen atoms in total. The van der Waals surface area contributed by atoms with E-state index in [4.69, 9.17) is 0 Å². The summed E-state index contributed by atoms with van der Waals surface area (Å²) in [6.07, 6.45) is 10.6. The minimum absolute atomic E-state index is 0.0230. The van der Waals surface area contributed by atoms with Gasteiger partial charge in [-0.3, -0.25) is 19.4 Å². The van der Waals surface area contributed by atoms with Crippen molar-refractivity contribution in [2.75, 3.05) is 13.1 Å². The molecule has 1 amide bonds. The smallest absolute Gasteiger partial charge is 0.253 e. The Balaban J connectivity index is 1.50. The minimum Gasteiger partial charge on any atom is -0.346 e. The molecule has 0 unspecified atom stereocenters. The molecule has 0 aliphatic carbocycles. The van der Waals surface area contributed by atoms with Crippen LogP contribution in [0.25, 0.3) is 0 Å². The predicted octanol–water partition coefficient (Wildman–Crippen LogP) is 0.262. The van der Waals surface area contributed by atoms with Gasteiger partial charge in [0.2, 0.25) is 0 Å². The maximum absolute atomic E-state index is 12.6. The van der Waals surface area contributed by atoms with Crippen molar-refractivity contribution in [3.8, 4) is 0 Å². The standard InChI is InChI=1S/C17H20N8O/c1-23-9-13(7-20-23)10-24-11-15(16(12-24)25-6-5-19-22-25)21-17(26)14-3-2-4-18-8-14/h2-9,15-16H,10-12H2,1H3,(H,21,26)/t15-,16+/m1/s1. The van der Waals surface area contributed by atoms with Crippen molar-refractivity contribution in [1.82, 2.24) is 40.0 Å². The van der Waals surface area contributed by atoms with Crippen LogP contribution in [0.4, 0.5) is 0 Å². The molecule has 0 radical (unpaired) electrons. The maximum Gasteiger partial charge on any atom is 0.253 e. The third kappa shape index (κ3) is 3.47. The van der Waals surface area contributed by atoms with Gasteiger partial charge in [0.25, 0.3) is 5.91 Å². The number of carbonyl (C=O) groups excluding carboxylic acids is 1. The van der Waals surface area contributed by atoms with E-state index in [0.29, 0.717) is 5.56 Å². The summed E-state index contributed by atoms with van der Waals surface area (Å²) in [6.45, 7) is 2.28. The third-order valence-corrected chi connectivity index (χ3v) is 4.55. The molecule has 1 N–H and O–H groups in total. The molecule has 0 bridgehead atoms. The summed E-state index contributed by atoms with van der Waals surface area (Å²) in [5, 5.41) is 15.4. The molecule has 3 aromatic rings. The van der Waals surface area contributed by atoms with Gasteiger partial charge in [0, 0.05) is 57.0 Å². The lowest BCUT2D eigenvalue weighted by atomic mass is 10.1. The van der Waals surface area contributed by atoms with E-state index in [1.165, 1.54) is 0 Å². The van der Waals surface area contributed by atoms with Crippen molar-refractivity contribution >= 4 is 5.91 Å². The average Bonchev–Trinajstić information content (AvgIpc) is 3.38. The topological polar surface area (TPSA) is 93.8 Å². The van der Waals surface area contributed by atoms with Crippen molar-refractivity contribution in [2.24, 2.45) is 7.05 Å². The first-order valence-electron chi connectivity index (χ1n) is 8.45. The van der Waals surface area contributed by atoms with Crippen LogP contribution in [-0.4, -0.2) is 59.7 Å². The summed E-state index contributed by atoms with van der Waals surface area (Å²) in [6, 6.07) is 3.47. The molecule has 0 spiro atoms. The summed E-state index contributed by atoms with van der Waals surface area (Å²) >= 11 is 0. The second-order valence-corrected chi connectivity index (χ2v) is 6.49. The largest absolute Gasteiger partial charge is 0.346 e. The first kappa shape index (κ1) is 16.4. The summed E-state index contributed by atoms with van der Waals surface area (Å²) in [4.78, 5) is 18.9. The van der Waals surface area contributed by atoms with E-state index in [0.717, 1.165) is 25.2 Å². The van der Waals surface area contributed by atoms with Gasteiger partial charge in [-0.2, -0.15) is 5.10 Å². The van der Waals surface area contributed by atoms with Gasteiger partial charge < -0.3 is 5.32 Å². The van der Waals surface area contributed by atoms with Crippen molar-refractivity contribution in [3.63, 3.8) is 0 Å². The zero-order chi connectivity index (χ0) is 17.9. The fraction of sp³-hybridized carbons (Fsp3) is 0.353. The van der Waals surface area contributed by atoms with Crippen molar-refractivity contribution in [1.29, 1.82) is 0 Å². The number of aromatic nitrogens is 6. The number of aryl methyl sites for hydroxylation is 1. The molecule has 2 atom stereocenters. The van der Waals surface area contributed by atoms with Crippen LogP contribution in [0.1, 0.15) is 22.0 Å². The molecular weight excluding hydrogens is 332 g/mol. The van der Waals surface area contributed by atoms with Gasteiger partial charge >= 0.3 is 0 Å². The van der Waals surface area contributed by atoms with Crippen molar-refractivity contribution in [3.05, 3.63) is 60.4 Å². The van der Waals surface area contributed by atoms with Gasteiger partial charge in [0.1, 0.15) is 0 Å². The van der Waals surface area contributed by atoms with Crippen LogP contribution in [-0.2, 0) is 13.6 Å². The third-order valence-electron chi connectivity index (χ3n) is 4.55. The SMILES string of the molecule is Cn1cc(CN2C[C@@H](NC(=O)c3cccnc3)[C@@H](n3ccnn3)C2)cn1. The summed E-state index contributed by atoms with van der Waals surface area (Å²) in [7, 11) is 1.91. The number of nitrogens with one attached hydrogen (secondary N) is 1. The Morgan fingerprint density at radius 2 is 2.23 bits per heavy atom. The number of likely N-dealkylation sites (tertiary alicyclic amines) is 1. The molecule has 9 heteroatoms. The van der Waals surface area contributed by atoms with E-state index in [1.807, 2.05) is 30.3 Å². The number of pyridine rings is 1. The van der Waals surface area contributed by atoms with Crippen molar-refractivity contribution in [2.45, 2.75) is 18.6 Å². The van der Waals surface area contributed by atoms with Crippen LogP contribution in [0.3, 0.4) is 0 Å². The molecule has 1 aliphatic rings. The molecule has 134 valence electrons. The molecule has 1 fully saturated rings. The minimum atomic E-state index is -0.128. The number of hydrogen-bond acceptors (Lipinski definition) is 6. The van der Waals surface area contributed by atoms with Crippen LogP contribution >= 0.6 is 0 Å². The summed E-state index contributed by atoms with van der Waals surface area (Å²) < 4.78 is 3.61. The highest BCUT2D eigenvalue weighted by molar-refractivity contribution is 5.94. The fourth-order valence-electron chi connectivity index (χ4n) is 3.36. The quantitative estimate of drug-likeness (QED) is 0.708. The lowest BCUT2D eigenvalue weighted by Gasteiger charge is -2.19. The van der Waals surface area contributed by atoms with Gasteiger partial charge in [-0.05, 0) is 12.1 Å². The van der Waals surface area contributed by atoms with E-state index in [9.17, 15) is 4.79 Å². The zero-order valence-corrected chi connectivity index (χ0v) is 14.4. The fourth-order valence-corrected chi connectivity index (χ4v) is 3.36. The summed E-state index contributed by atoms with van der Waals surface area (Å²) in [5.74, 6) is -0.128. The lowest BCUT2D eigenvalue weighted by Crippen LogP contribution is -2.41. The Morgan fingerprint density at radius 1 is 1.31 bits per heavy atom. The van der Waals surface area contributed by atoms with Crippen molar-refractivity contribution < 1.29 is 4.79 Å². The number of rotatable bonds is 5. The molecule has 0 aromatic carbocycles. The van der Waals surface area contributed by atoms with E-state index < -0.39 is 0 Å². The first-order chi connectivity index (χ1) is 12.7. The number of amides is 1. The van der Waals surface area contributed by atoms with E-state index in [1.54, 1.807) is 35.4 Å². The van der Waals surface area contributed by atoms with Crippen LogP contribution in [0, 0.1) is 0 Å². The monoisotopic (exact) mass is 352 g/mol. The van der Waals surface area contributed by atoms with E-state index >= 15 is 0 Å². The second-order valence-electron chi connectivity index (χ2n) is 6.49. The summed E-state index contributed by atoms with van der Waals surface area (Å²) in [5.41, 5.74) is 1.69. The van der Waals surface area contributed by atoms with Gasteiger partial charge in [-0.15, -0.1) is 5.10 Å². The zero-order valence-electron chi connectivity index (χ0n) is 14.4. The first-order valence-corrected chi connectivity index (χ1v) is 8.45. The van der Waals surface area contributed by atoms with Gasteiger partial charge in [-0.25, -0.2) is 4.68 Å². The van der Waals surface area contributed by atoms with Crippen LogP contribution in [0.5, 0.6) is 0 Å². The average molecular weight is 352 g/mol. The molecule has 4 rings (SSSR count). The van der Waals surface area contributed by atoms with Crippen LogP contribution in [0.2, 0.25) is 0 Å². The predicted molar refractivity (Wildman–Crippen MR) is 93.0 cm³/mol.